The van der Waals surface area contributed by atoms with Gasteiger partial charge in [0.1, 0.15) is 4.62 Å². The molecule has 0 aromatic heterocycles. The van der Waals surface area contributed by atoms with E-state index in [0.29, 0.717) is 5.54 Å². The highest BCUT2D eigenvalue weighted by Crippen LogP contribution is 2.55. The summed E-state index contributed by atoms with van der Waals surface area (Å²) in [7, 11) is 0. The Labute approximate surface area is 117 Å². The van der Waals surface area contributed by atoms with Gasteiger partial charge in [0.2, 0.25) is 0 Å². The van der Waals surface area contributed by atoms with Crippen LogP contribution in [0, 0.1) is 17.8 Å². The third-order valence-electron chi connectivity index (χ3n) is 5.49. The molecule has 0 radical (unpaired) electrons. The van der Waals surface area contributed by atoms with Crippen LogP contribution in [0.2, 0.25) is 0 Å². The van der Waals surface area contributed by atoms with Crippen LogP contribution >= 0.6 is 15.9 Å². The van der Waals surface area contributed by atoms with Crippen molar-refractivity contribution in [2.75, 3.05) is 13.1 Å². The number of nitrogens with zero attached hydrogens (tertiary/aromatic N) is 1. The molecule has 0 aromatic rings. The van der Waals surface area contributed by atoms with E-state index < -0.39 is 0 Å². The van der Waals surface area contributed by atoms with Gasteiger partial charge in [-0.05, 0) is 83.9 Å². The first-order valence-electron chi connectivity index (χ1n) is 7.35. The van der Waals surface area contributed by atoms with Crippen LogP contribution in [-0.2, 0) is 0 Å². The fourth-order valence-electron chi connectivity index (χ4n) is 5.17. The Morgan fingerprint density at radius 1 is 1.17 bits per heavy atom. The topological polar surface area (TPSA) is 24.4 Å². The SMILES string of the molecule is BrC1=NCC(CNC23CC4CC(CC(C4)C2)C3)=C1. The molecule has 0 unspecified atom stereocenters. The average molecular weight is 309 g/mol. The highest BCUT2D eigenvalue weighted by Gasteiger charge is 2.50. The minimum atomic E-state index is 0.491. The predicted octanol–water partition coefficient (Wildman–Crippen LogP) is 3.28. The maximum Gasteiger partial charge on any atom is 0.100 e. The van der Waals surface area contributed by atoms with Gasteiger partial charge in [-0.2, -0.15) is 0 Å². The van der Waals surface area contributed by atoms with Gasteiger partial charge in [0.05, 0.1) is 6.54 Å². The average Bonchev–Trinajstić information content (AvgIpc) is 2.71. The molecule has 18 heavy (non-hydrogen) atoms. The van der Waals surface area contributed by atoms with Crippen molar-refractivity contribution in [3.63, 3.8) is 0 Å². The van der Waals surface area contributed by atoms with Crippen molar-refractivity contribution in [3.05, 3.63) is 11.6 Å². The van der Waals surface area contributed by atoms with Crippen LogP contribution in [0.25, 0.3) is 0 Å². The molecule has 0 aromatic carbocycles. The summed E-state index contributed by atoms with van der Waals surface area (Å²) < 4.78 is 1.02. The standard InChI is InChI=1S/C15H21BrN2/c16-14-4-13(8-17-14)9-18-15-5-10-1-11(6-15)3-12(2-10)7-15/h4,10-12,18H,1-3,5-9H2. The molecule has 4 fully saturated rings. The summed E-state index contributed by atoms with van der Waals surface area (Å²) in [6.45, 7) is 1.94. The number of allylic oxidation sites excluding steroid dienone is 1. The third kappa shape index (κ3) is 2.00. The van der Waals surface area contributed by atoms with Crippen LogP contribution in [0.1, 0.15) is 38.5 Å². The second kappa shape index (κ2) is 4.17. The van der Waals surface area contributed by atoms with Gasteiger partial charge in [-0.3, -0.25) is 4.99 Å². The van der Waals surface area contributed by atoms with E-state index in [9.17, 15) is 0 Å². The Bertz CT molecular complexity index is 389. The van der Waals surface area contributed by atoms with Crippen molar-refractivity contribution in [2.24, 2.45) is 22.7 Å². The van der Waals surface area contributed by atoms with E-state index in [1.165, 1.54) is 44.1 Å². The highest BCUT2D eigenvalue weighted by molar-refractivity contribution is 9.18. The largest absolute Gasteiger partial charge is 0.307 e. The van der Waals surface area contributed by atoms with E-state index in [2.05, 4.69) is 32.3 Å². The molecule has 3 heteroatoms. The van der Waals surface area contributed by atoms with E-state index in [1.807, 2.05) is 0 Å². The zero-order valence-electron chi connectivity index (χ0n) is 10.8. The van der Waals surface area contributed by atoms with E-state index in [-0.39, 0.29) is 0 Å². The fraction of sp³-hybridized carbons (Fsp3) is 0.800. The second-order valence-corrected chi connectivity index (χ2v) is 7.81. The normalized spacial score (nSPS) is 45.3. The van der Waals surface area contributed by atoms with Gasteiger partial charge in [-0.15, -0.1) is 0 Å². The van der Waals surface area contributed by atoms with E-state index in [1.54, 1.807) is 0 Å². The predicted molar refractivity (Wildman–Crippen MR) is 78.2 cm³/mol. The molecule has 2 nitrogen and oxygen atoms in total. The zero-order chi connectivity index (χ0) is 12.2. The second-order valence-electron chi connectivity index (χ2n) is 6.99. The van der Waals surface area contributed by atoms with Crippen molar-refractivity contribution in [2.45, 2.75) is 44.1 Å². The van der Waals surface area contributed by atoms with E-state index in [4.69, 9.17) is 0 Å². The van der Waals surface area contributed by atoms with Crippen LogP contribution in [0.4, 0.5) is 0 Å². The van der Waals surface area contributed by atoms with Gasteiger partial charge in [0.25, 0.3) is 0 Å². The molecule has 1 heterocycles. The lowest BCUT2D eigenvalue weighted by Gasteiger charge is -2.57. The number of hydrogen-bond donors (Lipinski definition) is 1. The number of nitrogens with one attached hydrogen (secondary N) is 1. The minimum absolute atomic E-state index is 0.491. The molecule has 4 bridgehead atoms. The molecule has 4 aliphatic carbocycles. The van der Waals surface area contributed by atoms with Crippen molar-refractivity contribution in [1.82, 2.24) is 5.32 Å². The van der Waals surface area contributed by atoms with Gasteiger partial charge in [-0.1, -0.05) is 0 Å². The molecule has 0 atom stereocenters. The Kier molecular flexibility index (Phi) is 2.70. The van der Waals surface area contributed by atoms with Crippen LogP contribution in [0.5, 0.6) is 0 Å². The number of halogens is 1. The summed E-state index contributed by atoms with van der Waals surface area (Å²) in [4.78, 5) is 4.38. The molecule has 1 N–H and O–H groups in total. The Morgan fingerprint density at radius 3 is 2.28 bits per heavy atom. The van der Waals surface area contributed by atoms with Crippen molar-refractivity contribution < 1.29 is 0 Å². The molecule has 98 valence electrons. The first-order chi connectivity index (χ1) is 8.71. The molecule has 0 saturated heterocycles. The maximum absolute atomic E-state index is 4.38. The van der Waals surface area contributed by atoms with Crippen molar-refractivity contribution >= 4 is 20.6 Å². The van der Waals surface area contributed by atoms with Crippen LogP contribution in [-0.4, -0.2) is 23.2 Å². The van der Waals surface area contributed by atoms with Gasteiger partial charge in [0.15, 0.2) is 0 Å². The first kappa shape index (κ1) is 11.7. The number of rotatable bonds is 3. The lowest BCUT2D eigenvalue weighted by molar-refractivity contribution is -0.0182. The Hall–Kier alpha value is -0.150. The summed E-state index contributed by atoms with van der Waals surface area (Å²) in [5.41, 5.74) is 1.93. The summed E-state index contributed by atoms with van der Waals surface area (Å²) in [5, 5.41) is 3.93. The molecular weight excluding hydrogens is 288 g/mol. The van der Waals surface area contributed by atoms with E-state index >= 15 is 0 Å². The van der Waals surface area contributed by atoms with Crippen LogP contribution in [0.15, 0.2) is 16.6 Å². The van der Waals surface area contributed by atoms with Crippen molar-refractivity contribution in [1.29, 1.82) is 0 Å². The first-order valence-corrected chi connectivity index (χ1v) is 8.14. The lowest BCUT2D eigenvalue weighted by Crippen LogP contribution is -2.58. The monoisotopic (exact) mass is 308 g/mol. The zero-order valence-corrected chi connectivity index (χ0v) is 12.4. The lowest BCUT2D eigenvalue weighted by atomic mass is 9.53. The molecule has 5 aliphatic rings. The van der Waals surface area contributed by atoms with Gasteiger partial charge in [0, 0.05) is 12.1 Å². The summed E-state index contributed by atoms with van der Waals surface area (Å²) in [6, 6.07) is 0. The Balaban J connectivity index is 1.44. The highest BCUT2D eigenvalue weighted by atomic mass is 79.9. The number of aliphatic imine (C=N–C) groups is 1. The van der Waals surface area contributed by atoms with Crippen LogP contribution in [0.3, 0.4) is 0 Å². The van der Waals surface area contributed by atoms with Gasteiger partial charge in [-0.25, -0.2) is 0 Å². The summed E-state index contributed by atoms with van der Waals surface area (Å²) in [5.74, 6) is 3.10. The third-order valence-corrected chi connectivity index (χ3v) is 5.96. The summed E-state index contributed by atoms with van der Waals surface area (Å²) in [6.07, 6.45) is 11.1. The van der Waals surface area contributed by atoms with Gasteiger partial charge >= 0.3 is 0 Å². The molecule has 0 spiro atoms. The molecule has 0 amide bonds. The van der Waals surface area contributed by atoms with Crippen LogP contribution < -0.4 is 5.32 Å². The van der Waals surface area contributed by atoms with Gasteiger partial charge < -0.3 is 5.32 Å². The minimum Gasteiger partial charge on any atom is -0.307 e. The maximum atomic E-state index is 4.38. The molecule has 4 saturated carbocycles. The molecule has 5 rings (SSSR count). The fourth-order valence-corrected chi connectivity index (χ4v) is 5.62. The van der Waals surface area contributed by atoms with E-state index in [0.717, 1.165) is 35.5 Å². The molecule has 1 aliphatic heterocycles. The quantitative estimate of drug-likeness (QED) is 0.850. The Morgan fingerprint density at radius 2 is 1.78 bits per heavy atom. The molecular formula is C15H21BrN2. The smallest absolute Gasteiger partial charge is 0.100 e. The number of hydrogen-bond acceptors (Lipinski definition) is 2. The summed E-state index contributed by atoms with van der Waals surface area (Å²) >= 11 is 3.46. The van der Waals surface area contributed by atoms with Crippen molar-refractivity contribution in [3.8, 4) is 0 Å².